The van der Waals surface area contributed by atoms with Crippen molar-refractivity contribution in [2.45, 2.75) is 32.9 Å². The van der Waals surface area contributed by atoms with E-state index in [9.17, 15) is 14.7 Å². The maximum absolute atomic E-state index is 12.9. The molecule has 7 heteroatoms. The van der Waals surface area contributed by atoms with E-state index in [4.69, 9.17) is 4.74 Å². The van der Waals surface area contributed by atoms with Gasteiger partial charge in [0.2, 0.25) is 0 Å². The van der Waals surface area contributed by atoms with Gasteiger partial charge in [-0.2, -0.15) is 0 Å². The lowest BCUT2D eigenvalue weighted by Crippen LogP contribution is -2.35. The molecule has 1 aliphatic heterocycles. The number of hydrogen-bond acceptors (Lipinski definition) is 6. The van der Waals surface area contributed by atoms with Crippen LogP contribution in [0.4, 0.5) is 0 Å². The third kappa shape index (κ3) is 4.42. The molecule has 0 aliphatic carbocycles. The number of Topliss-reactive ketones (excluding diaryl/α,β-unsaturated/α-hetero) is 1. The number of aliphatic hydroxyl groups is 1. The average Bonchev–Trinajstić information content (AvgIpc) is 3.28. The Morgan fingerprint density at radius 1 is 1.27 bits per heavy atom. The van der Waals surface area contributed by atoms with Gasteiger partial charge in [0, 0.05) is 23.5 Å². The van der Waals surface area contributed by atoms with Gasteiger partial charge in [0.05, 0.1) is 17.7 Å². The molecule has 2 heterocycles. The second-order valence-corrected chi connectivity index (χ2v) is 8.94. The van der Waals surface area contributed by atoms with Crippen molar-refractivity contribution in [2.75, 3.05) is 27.2 Å². The molecule has 160 valence electrons. The normalized spacial score (nSPS) is 18.6. The van der Waals surface area contributed by atoms with E-state index in [0.29, 0.717) is 18.7 Å². The van der Waals surface area contributed by atoms with E-state index in [0.717, 1.165) is 16.2 Å². The van der Waals surface area contributed by atoms with Crippen LogP contribution in [0, 0.1) is 6.92 Å². The molecule has 1 atom stereocenters. The molecular weight excluding hydrogens is 400 g/mol. The van der Waals surface area contributed by atoms with E-state index in [2.05, 4.69) is 0 Å². The summed E-state index contributed by atoms with van der Waals surface area (Å²) in [7, 11) is 3.83. The first-order valence-corrected chi connectivity index (χ1v) is 10.8. The Morgan fingerprint density at radius 2 is 2.00 bits per heavy atom. The Labute approximate surface area is 181 Å². The van der Waals surface area contributed by atoms with Crippen molar-refractivity contribution in [3.05, 3.63) is 57.3 Å². The van der Waals surface area contributed by atoms with E-state index in [1.165, 1.54) is 11.3 Å². The molecule has 2 aromatic rings. The van der Waals surface area contributed by atoms with Gasteiger partial charge in [-0.1, -0.05) is 6.07 Å². The van der Waals surface area contributed by atoms with Crippen molar-refractivity contribution < 1.29 is 19.4 Å². The van der Waals surface area contributed by atoms with Gasteiger partial charge < -0.3 is 19.6 Å². The number of nitrogens with zero attached hydrogens (tertiary/aromatic N) is 2. The first-order chi connectivity index (χ1) is 14.2. The molecule has 0 saturated carbocycles. The Morgan fingerprint density at radius 3 is 2.57 bits per heavy atom. The highest BCUT2D eigenvalue weighted by molar-refractivity contribution is 7.10. The number of likely N-dealkylation sites (tertiary alicyclic amines) is 1. The van der Waals surface area contributed by atoms with Crippen LogP contribution in [-0.4, -0.2) is 59.9 Å². The largest absolute Gasteiger partial charge is 0.507 e. The van der Waals surface area contributed by atoms with Gasteiger partial charge in [-0.15, -0.1) is 11.3 Å². The number of aliphatic hydroxyl groups excluding tert-OH is 1. The number of ether oxygens (including phenoxy) is 1. The summed E-state index contributed by atoms with van der Waals surface area (Å²) in [6, 6.07) is 8.48. The van der Waals surface area contributed by atoms with Crippen LogP contribution < -0.4 is 4.74 Å². The molecule has 1 fully saturated rings. The predicted molar refractivity (Wildman–Crippen MR) is 119 cm³/mol. The third-order valence-corrected chi connectivity index (χ3v) is 5.88. The first-order valence-electron chi connectivity index (χ1n) is 9.95. The fraction of sp³-hybridized carbons (Fsp3) is 0.391. The molecule has 1 aromatic heterocycles. The molecule has 1 saturated heterocycles. The number of ketones is 1. The number of hydrogen-bond donors (Lipinski definition) is 1. The molecule has 3 rings (SSSR count). The minimum Gasteiger partial charge on any atom is -0.507 e. The predicted octanol–water partition coefficient (Wildman–Crippen LogP) is 3.83. The molecule has 1 amide bonds. The van der Waals surface area contributed by atoms with Gasteiger partial charge >= 0.3 is 0 Å². The molecule has 6 nitrogen and oxygen atoms in total. The number of amides is 1. The number of carbonyl (C=O) groups is 2. The zero-order valence-electron chi connectivity index (χ0n) is 18.0. The molecule has 0 radical (unpaired) electrons. The fourth-order valence-corrected chi connectivity index (χ4v) is 4.34. The summed E-state index contributed by atoms with van der Waals surface area (Å²) in [5.74, 6) is -0.654. The topological polar surface area (TPSA) is 70.1 Å². The molecule has 1 aliphatic rings. The number of aryl methyl sites for hydroxylation is 1. The smallest absolute Gasteiger partial charge is 0.295 e. The maximum atomic E-state index is 12.9. The SMILES string of the molecule is Cc1cc(/C(O)=C2/C(=O)C(=O)N(CCN(C)C)C2c2cccs2)ccc1OC(C)C. The molecule has 1 unspecified atom stereocenters. The monoisotopic (exact) mass is 428 g/mol. The second kappa shape index (κ2) is 9.02. The highest BCUT2D eigenvalue weighted by atomic mass is 32.1. The van der Waals surface area contributed by atoms with Crippen molar-refractivity contribution >= 4 is 28.8 Å². The van der Waals surface area contributed by atoms with Crippen LogP contribution in [0.5, 0.6) is 5.75 Å². The van der Waals surface area contributed by atoms with Crippen LogP contribution in [0.3, 0.4) is 0 Å². The Balaban J connectivity index is 2.06. The average molecular weight is 429 g/mol. The number of likely N-dealkylation sites (N-methyl/N-ethyl adjacent to an activating group) is 1. The summed E-state index contributed by atoms with van der Waals surface area (Å²) < 4.78 is 5.76. The standard InChI is InChI=1S/C23H28N2O4S/c1-14(2)29-17-9-8-16(13-15(17)3)21(26)19-20(18-7-6-12-30-18)25(11-10-24(4)5)23(28)22(19)27/h6-9,12-14,20,26H,10-11H2,1-5H3/b21-19-. The van der Waals surface area contributed by atoms with E-state index in [-0.39, 0.29) is 17.4 Å². The number of rotatable bonds is 7. The fourth-order valence-electron chi connectivity index (χ4n) is 3.50. The van der Waals surface area contributed by atoms with Crippen LogP contribution in [0.1, 0.15) is 35.9 Å². The van der Waals surface area contributed by atoms with Crippen molar-refractivity contribution in [3.8, 4) is 5.75 Å². The van der Waals surface area contributed by atoms with Crippen LogP contribution in [0.15, 0.2) is 41.3 Å². The van der Waals surface area contributed by atoms with Gasteiger partial charge in [0.15, 0.2) is 0 Å². The molecule has 1 aromatic carbocycles. The lowest BCUT2D eigenvalue weighted by atomic mass is 9.98. The lowest BCUT2D eigenvalue weighted by molar-refractivity contribution is -0.140. The Kier molecular flexibility index (Phi) is 6.63. The van der Waals surface area contributed by atoms with Crippen molar-refractivity contribution in [1.29, 1.82) is 0 Å². The first kappa shape index (κ1) is 22.1. The van der Waals surface area contributed by atoms with Gasteiger partial charge in [0.25, 0.3) is 11.7 Å². The molecule has 0 spiro atoms. The number of carbonyl (C=O) groups excluding carboxylic acids is 2. The third-order valence-electron chi connectivity index (χ3n) is 4.95. The Bertz CT molecular complexity index is 964. The minimum atomic E-state index is -0.648. The number of thiophene rings is 1. The summed E-state index contributed by atoms with van der Waals surface area (Å²) in [6.07, 6.45) is 0.0315. The molecular formula is C23H28N2O4S. The quantitative estimate of drug-likeness (QED) is 0.412. The summed E-state index contributed by atoms with van der Waals surface area (Å²) in [4.78, 5) is 30.1. The van der Waals surface area contributed by atoms with Crippen molar-refractivity contribution in [2.24, 2.45) is 0 Å². The molecule has 30 heavy (non-hydrogen) atoms. The summed E-state index contributed by atoms with van der Waals surface area (Å²) in [5.41, 5.74) is 1.48. The van der Waals surface area contributed by atoms with Crippen LogP contribution in [0.25, 0.3) is 5.76 Å². The summed E-state index contributed by atoms with van der Waals surface area (Å²) in [6.45, 7) is 6.81. The van der Waals surface area contributed by atoms with Crippen LogP contribution >= 0.6 is 11.3 Å². The summed E-state index contributed by atoms with van der Waals surface area (Å²) >= 11 is 1.47. The van der Waals surface area contributed by atoms with Gasteiger partial charge in [-0.3, -0.25) is 9.59 Å². The zero-order chi connectivity index (χ0) is 22.0. The van der Waals surface area contributed by atoms with E-state index in [1.807, 2.05) is 57.3 Å². The van der Waals surface area contributed by atoms with Crippen LogP contribution in [0.2, 0.25) is 0 Å². The van der Waals surface area contributed by atoms with Crippen molar-refractivity contribution in [1.82, 2.24) is 9.80 Å². The van der Waals surface area contributed by atoms with Gasteiger partial charge in [-0.25, -0.2) is 0 Å². The highest BCUT2D eigenvalue weighted by Crippen LogP contribution is 2.41. The van der Waals surface area contributed by atoms with Gasteiger partial charge in [0.1, 0.15) is 11.5 Å². The number of benzene rings is 1. The second-order valence-electron chi connectivity index (χ2n) is 7.96. The lowest BCUT2D eigenvalue weighted by Gasteiger charge is -2.25. The van der Waals surface area contributed by atoms with E-state index >= 15 is 0 Å². The maximum Gasteiger partial charge on any atom is 0.295 e. The van der Waals surface area contributed by atoms with Crippen LogP contribution in [-0.2, 0) is 9.59 Å². The molecule has 0 bridgehead atoms. The van der Waals surface area contributed by atoms with Gasteiger partial charge in [-0.05, 0) is 70.1 Å². The summed E-state index contributed by atoms with van der Waals surface area (Å²) in [5, 5.41) is 13.0. The highest BCUT2D eigenvalue weighted by Gasteiger charge is 2.46. The Hall–Kier alpha value is -2.64. The molecule has 1 N–H and O–H groups in total. The van der Waals surface area contributed by atoms with E-state index in [1.54, 1.807) is 23.1 Å². The minimum absolute atomic E-state index is 0.0315. The van der Waals surface area contributed by atoms with Crippen molar-refractivity contribution in [3.63, 3.8) is 0 Å². The zero-order valence-corrected chi connectivity index (χ0v) is 18.8. The van der Waals surface area contributed by atoms with E-state index < -0.39 is 17.7 Å².